The molecule has 1 fully saturated rings. The molecule has 1 aliphatic rings. The molecule has 1 aromatic heterocycles. The maximum Gasteiger partial charge on any atom is 0.249 e. The lowest BCUT2D eigenvalue weighted by molar-refractivity contribution is -0.132. The van der Waals surface area contributed by atoms with Crippen LogP contribution in [0.5, 0.6) is 0 Å². The molecule has 3 atom stereocenters. The summed E-state index contributed by atoms with van der Waals surface area (Å²) < 4.78 is 5.70. The van der Waals surface area contributed by atoms with Gasteiger partial charge >= 0.3 is 0 Å². The lowest BCUT2D eigenvalue weighted by Gasteiger charge is -2.22. The highest BCUT2D eigenvalue weighted by Crippen LogP contribution is 2.24. The molecular weight excluding hydrogens is 361 g/mol. The molecule has 2 heterocycles. The molecule has 5 nitrogen and oxygen atoms in total. The van der Waals surface area contributed by atoms with Crippen molar-refractivity contribution in [2.45, 2.75) is 31.1 Å². The standard InChI is InChI=1S/C18H21N3O2.2ClH/c19-12-15-6-7-16(23-15)18(22)21-17(13-4-2-1-3-5-13)14-8-10-20-11-9-14;;/h1-5,8-11,15-17H,6-7,12,19H2,(H,21,22);2*1H/t15-,16+,17?;;/m1../s1. The van der Waals surface area contributed by atoms with Crippen molar-refractivity contribution in [3.05, 3.63) is 66.0 Å². The van der Waals surface area contributed by atoms with Crippen LogP contribution in [0.4, 0.5) is 0 Å². The van der Waals surface area contributed by atoms with Crippen LogP contribution in [0.3, 0.4) is 0 Å². The molecule has 0 bridgehead atoms. The Labute approximate surface area is 160 Å². The molecule has 1 aliphatic heterocycles. The maximum atomic E-state index is 12.6. The van der Waals surface area contributed by atoms with Crippen LogP contribution in [0.15, 0.2) is 54.9 Å². The minimum Gasteiger partial charge on any atom is -0.364 e. The number of pyridine rings is 1. The van der Waals surface area contributed by atoms with Gasteiger partial charge in [0.2, 0.25) is 5.91 Å². The second-order valence-electron chi connectivity index (χ2n) is 5.69. The average Bonchev–Trinajstić information content (AvgIpc) is 3.10. The number of nitrogens with two attached hydrogens (primary N) is 1. The molecule has 2 aromatic rings. The van der Waals surface area contributed by atoms with Gasteiger partial charge < -0.3 is 15.8 Å². The number of nitrogens with one attached hydrogen (secondary N) is 1. The first-order valence-electron chi connectivity index (χ1n) is 7.88. The number of aromatic nitrogens is 1. The van der Waals surface area contributed by atoms with Gasteiger partial charge in [0.25, 0.3) is 0 Å². The van der Waals surface area contributed by atoms with Crippen molar-refractivity contribution in [2.75, 3.05) is 6.54 Å². The zero-order valence-corrected chi connectivity index (χ0v) is 15.3. The van der Waals surface area contributed by atoms with Crippen molar-refractivity contribution in [1.82, 2.24) is 10.3 Å². The predicted octanol–water partition coefficient (Wildman–Crippen LogP) is 2.64. The second kappa shape index (κ2) is 10.4. The number of amides is 1. The van der Waals surface area contributed by atoms with E-state index < -0.39 is 6.10 Å². The zero-order valence-electron chi connectivity index (χ0n) is 13.7. The minimum absolute atomic E-state index is 0. The van der Waals surface area contributed by atoms with Gasteiger partial charge in [0.1, 0.15) is 6.10 Å². The third-order valence-corrected chi connectivity index (χ3v) is 4.12. The number of carbonyl (C=O) groups excluding carboxylic acids is 1. The molecule has 1 saturated heterocycles. The topological polar surface area (TPSA) is 77.2 Å². The fraction of sp³-hybridized carbons (Fsp3) is 0.333. The molecule has 3 N–H and O–H groups in total. The number of ether oxygens (including phenoxy) is 1. The van der Waals surface area contributed by atoms with Crippen LogP contribution in [0.1, 0.15) is 30.0 Å². The van der Waals surface area contributed by atoms with E-state index >= 15 is 0 Å². The van der Waals surface area contributed by atoms with Crippen LogP contribution >= 0.6 is 24.8 Å². The summed E-state index contributed by atoms with van der Waals surface area (Å²) >= 11 is 0. The van der Waals surface area contributed by atoms with Crippen LogP contribution in [-0.2, 0) is 9.53 Å². The van der Waals surface area contributed by atoms with Crippen molar-refractivity contribution >= 4 is 30.7 Å². The Morgan fingerprint density at radius 1 is 1.12 bits per heavy atom. The summed E-state index contributed by atoms with van der Waals surface area (Å²) in [7, 11) is 0. The van der Waals surface area contributed by atoms with E-state index in [9.17, 15) is 4.79 Å². The predicted molar refractivity (Wildman–Crippen MR) is 102 cm³/mol. The van der Waals surface area contributed by atoms with E-state index in [1.807, 2.05) is 42.5 Å². The molecule has 1 aromatic carbocycles. The van der Waals surface area contributed by atoms with Crippen LogP contribution in [-0.4, -0.2) is 29.6 Å². The third-order valence-electron chi connectivity index (χ3n) is 4.12. The average molecular weight is 384 g/mol. The first kappa shape index (κ1) is 21.4. The van der Waals surface area contributed by atoms with E-state index in [0.717, 1.165) is 17.5 Å². The number of nitrogens with zero attached hydrogens (tertiary/aromatic N) is 1. The summed E-state index contributed by atoms with van der Waals surface area (Å²) in [6.07, 6.45) is 4.58. The van der Waals surface area contributed by atoms with E-state index in [-0.39, 0.29) is 42.9 Å². The van der Waals surface area contributed by atoms with Crippen LogP contribution in [0.25, 0.3) is 0 Å². The molecule has 3 rings (SSSR count). The quantitative estimate of drug-likeness (QED) is 0.831. The van der Waals surface area contributed by atoms with Crippen LogP contribution < -0.4 is 11.1 Å². The fourth-order valence-electron chi connectivity index (χ4n) is 2.87. The highest BCUT2D eigenvalue weighted by Gasteiger charge is 2.31. The number of hydrogen-bond donors (Lipinski definition) is 2. The Morgan fingerprint density at radius 2 is 1.76 bits per heavy atom. The molecule has 136 valence electrons. The Bertz CT molecular complexity index is 604. The summed E-state index contributed by atoms with van der Waals surface area (Å²) in [5.41, 5.74) is 7.64. The number of carbonyl (C=O) groups is 1. The van der Waals surface area contributed by atoms with Gasteiger partial charge in [-0.2, -0.15) is 0 Å². The van der Waals surface area contributed by atoms with Gasteiger partial charge in [0, 0.05) is 18.9 Å². The summed E-state index contributed by atoms with van der Waals surface area (Å²) in [4.78, 5) is 16.6. The van der Waals surface area contributed by atoms with Crippen molar-refractivity contribution in [2.24, 2.45) is 5.73 Å². The van der Waals surface area contributed by atoms with Gasteiger partial charge in [-0.15, -0.1) is 24.8 Å². The smallest absolute Gasteiger partial charge is 0.249 e. The van der Waals surface area contributed by atoms with Crippen LogP contribution in [0, 0.1) is 0 Å². The lowest BCUT2D eigenvalue weighted by atomic mass is 9.99. The SMILES string of the molecule is Cl.Cl.NC[C@H]1CC[C@@H](C(=O)NC(c2ccccc2)c2ccncc2)O1. The van der Waals surface area contributed by atoms with Gasteiger partial charge in [0.15, 0.2) is 0 Å². The van der Waals surface area contributed by atoms with Gasteiger partial charge in [-0.3, -0.25) is 9.78 Å². The van der Waals surface area contributed by atoms with Gasteiger partial charge in [-0.1, -0.05) is 30.3 Å². The van der Waals surface area contributed by atoms with Crippen molar-refractivity contribution in [3.8, 4) is 0 Å². The molecule has 0 aliphatic carbocycles. The third kappa shape index (κ3) is 5.41. The maximum absolute atomic E-state index is 12.6. The number of rotatable bonds is 5. The van der Waals surface area contributed by atoms with Crippen molar-refractivity contribution < 1.29 is 9.53 Å². The summed E-state index contributed by atoms with van der Waals surface area (Å²) in [5.74, 6) is -0.0911. The Balaban J connectivity index is 0.00000156. The molecule has 1 unspecified atom stereocenters. The molecular formula is C18H23Cl2N3O2. The monoisotopic (exact) mass is 383 g/mol. The van der Waals surface area contributed by atoms with E-state index in [4.69, 9.17) is 10.5 Å². The van der Waals surface area contributed by atoms with E-state index in [2.05, 4.69) is 10.3 Å². The Hall–Kier alpha value is -1.66. The summed E-state index contributed by atoms with van der Waals surface area (Å²) in [6.45, 7) is 0.455. The van der Waals surface area contributed by atoms with Gasteiger partial charge in [-0.05, 0) is 36.1 Å². The Morgan fingerprint density at radius 3 is 2.36 bits per heavy atom. The first-order chi connectivity index (χ1) is 11.3. The lowest BCUT2D eigenvalue weighted by Crippen LogP contribution is -2.38. The molecule has 1 amide bonds. The minimum atomic E-state index is -0.420. The Kier molecular flexibility index (Phi) is 8.86. The number of halogens is 2. The fourth-order valence-corrected chi connectivity index (χ4v) is 2.87. The first-order valence-corrected chi connectivity index (χ1v) is 7.88. The van der Waals surface area contributed by atoms with Crippen LogP contribution in [0.2, 0.25) is 0 Å². The summed E-state index contributed by atoms with van der Waals surface area (Å²) in [5, 5.41) is 3.10. The second-order valence-corrected chi connectivity index (χ2v) is 5.69. The normalized spacial score (nSPS) is 20.0. The van der Waals surface area contributed by atoms with Crippen molar-refractivity contribution in [1.29, 1.82) is 0 Å². The highest BCUT2D eigenvalue weighted by molar-refractivity contribution is 5.85. The van der Waals surface area contributed by atoms with E-state index in [1.165, 1.54) is 0 Å². The van der Waals surface area contributed by atoms with Gasteiger partial charge in [-0.25, -0.2) is 0 Å². The zero-order chi connectivity index (χ0) is 16.1. The molecule has 0 radical (unpaired) electrons. The van der Waals surface area contributed by atoms with Gasteiger partial charge in [0.05, 0.1) is 12.1 Å². The van der Waals surface area contributed by atoms with E-state index in [1.54, 1.807) is 12.4 Å². The van der Waals surface area contributed by atoms with E-state index in [0.29, 0.717) is 13.0 Å². The largest absolute Gasteiger partial charge is 0.364 e. The van der Waals surface area contributed by atoms with Crippen molar-refractivity contribution in [3.63, 3.8) is 0 Å². The molecule has 25 heavy (non-hydrogen) atoms. The number of benzene rings is 1. The molecule has 0 saturated carbocycles. The molecule has 0 spiro atoms. The summed E-state index contributed by atoms with van der Waals surface area (Å²) in [6, 6.07) is 13.5. The highest BCUT2D eigenvalue weighted by atomic mass is 35.5. The number of hydrogen-bond acceptors (Lipinski definition) is 4. The molecule has 7 heteroatoms.